The Morgan fingerprint density at radius 1 is 0.872 bits per heavy atom. The van der Waals surface area contributed by atoms with Crippen LogP contribution in [-0.4, -0.2) is 86.6 Å². The first kappa shape index (κ1) is 28.1. The Morgan fingerprint density at radius 2 is 1.59 bits per heavy atom. The molecule has 2 heterocycles. The second-order valence-corrected chi connectivity index (χ2v) is 8.78. The first-order valence-corrected chi connectivity index (χ1v) is 13.1. The van der Waals surface area contributed by atoms with Gasteiger partial charge in [0.05, 0.1) is 26.4 Å². The minimum atomic E-state index is -0.283. The Labute approximate surface area is 227 Å². The number of carbonyl (C=O) groups is 1. The van der Waals surface area contributed by atoms with E-state index in [-0.39, 0.29) is 11.7 Å². The van der Waals surface area contributed by atoms with E-state index in [9.17, 15) is 9.18 Å². The zero-order chi connectivity index (χ0) is 27.1. The van der Waals surface area contributed by atoms with Crippen LogP contribution in [0.25, 0.3) is 0 Å². The van der Waals surface area contributed by atoms with E-state index in [0.29, 0.717) is 69.5 Å². The van der Waals surface area contributed by atoms with Crippen LogP contribution in [0.3, 0.4) is 0 Å². The van der Waals surface area contributed by atoms with Crippen LogP contribution >= 0.6 is 0 Å². The molecule has 12 heteroatoms. The summed E-state index contributed by atoms with van der Waals surface area (Å²) in [6.45, 7) is 6.33. The van der Waals surface area contributed by atoms with Gasteiger partial charge in [0.1, 0.15) is 5.82 Å². The fourth-order valence-electron chi connectivity index (χ4n) is 3.84. The normalized spacial score (nSPS) is 13.2. The van der Waals surface area contributed by atoms with Gasteiger partial charge in [-0.1, -0.05) is 30.3 Å². The van der Waals surface area contributed by atoms with E-state index in [2.05, 4.69) is 41.1 Å². The summed E-state index contributed by atoms with van der Waals surface area (Å²) in [4.78, 5) is 27.7. The van der Waals surface area contributed by atoms with Crippen LogP contribution in [0.2, 0.25) is 0 Å². The summed E-state index contributed by atoms with van der Waals surface area (Å²) in [5.74, 6) is 1.04. The molecule has 0 aliphatic carbocycles. The van der Waals surface area contributed by atoms with Crippen molar-refractivity contribution in [3.63, 3.8) is 0 Å². The number of nitrogens with one attached hydrogen (secondary N) is 4. The molecule has 3 aromatic rings. The first-order chi connectivity index (χ1) is 19.2. The topological polar surface area (TPSA) is 126 Å². The third-order valence-corrected chi connectivity index (χ3v) is 5.83. The van der Waals surface area contributed by atoms with Gasteiger partial charge in [0.2, 0.25) is 17.8 Å². The quantitative estimate of drug-likeness (QED) is 0.213. The third-order valence-electron chi connectivity index (χ3n) is 5.83. The molecule has 0 spiro atoms. The van der Waals surface area contributed by atoms with Gasteiger partial charge in [-0.3, -0.25) is 4.79 Å². The molecule has 0 atom stereocenters. The molecule has 0 unspecified atom stereocenters. The maximum Gasteiger partial charge on any atom is 0.251 e. The van der Waals surface area contributed by atoms with E-state index in [1.807, 2.05) is 24.3 Å². The van der Waals surface area contributed by atoms with Crippen LogP contribution in [0, 0.1) is 5.82 Å². The lowest BCUT2D eigenvalue weighted by Gasteiger charge is -2.27. The molecule has 39 heavy (non-hydrogen) atoms. The fraction of sp³-hybridized carbons (Fsp3) is 0.407. The number of rotatable bonds is 15. The van der Waals surface area contributed by atoms with E-state index >= 15 is 0 Å². The second-order valence-electron chi connectivity index (χ2n) is 8.78. The highest BCUT2D eigenvalue weighted by Crippen LogP contribution is 2.15. The predicted molar refractivity (Wildman–Crippen MR) is 148 cm³/mol. The van der Waals surface area contributed by atoms with Crippen molar-refractivity contribution in [1.82, 2.24) is 25.6 Å². The lowest BCUT2D eigenvalue weighted by molar-refractivity contribution is 0.0519. The second kappa shape index (κ2) is 15.5. The number of aromatic nitrogens is 3. The number of amides is 1. The van der Waals surface area contributed by atoms with Crippen molar-refractivity contribution in [2.75, 3.05) is 81.2 Å². The Kier molecular flexibility index (Phi) is 11.2. The van der Waals surface area contributed by atoms with Crippen LogP contribution in [0.15, 0.2) is 54.6 Å². The number of hydrogen-bond acceptors (Lipinski definition) is 10. The maximum atomic E-state index is 13.5. The minimum absolute atomic E-state index is 0.118. The van der Waals surface area contributed by atoms with Gasteiger partial charge in [0, 0.05) is 51.4 Å². The molecule has 0 saturated carbocycles. The van der Waals surface area contributed by atoms with Gasteiger partial charge >= 0.3 is 0 Å². The van der Waals surface area contributed by atoms with Crippen molar-refractivity contribution in [1.29, 1.82) is 0 Å². The number of ether oxygens (including phenoxy) is 2. The molecule has 0 radical (unpaired) electrons. The molecule has 1 fully saturated rings. The van der Waals surface area contributed by atoms with Crippen molar-refractivity contribution in [3.8, 4) is 0 Å². The van der Waals surface area contributed by atoms with Gasteiger partial charge in [-0.25, -0.2) is 4.39 Å². The minimum Gasteiger partial charge on any atom is -0.377 e. The molecule has 1 saturated heterocycles. The molecule has 4 rings (SSSR count). The Bertz CT molecular complexity index is 1160. The van der Waals surface area contributed by atoms with E-state index in [1.54, 1.807) is 18.2 Å². The van der Waals surface area contributed by atoms with Gasteiger partial charge in [-0.2, -0.15) is 15.0 Å². The number of nitrogens with zero attached hydrogens (tertiary/aromatic N) is 4. The summed E-state index contributed by atoms with van der Waals surface area (Å²) >= 11 is 0. The van der Waals surface area contributed by atoms with Crippen molar-refractivity contribution in [2.45, 2.75) is 6.54 Å². The van der Waals surface area contributed by atoms with E-state index in [1.165, 1.54) is 12.1 Å². The highest BCUT2D eigenvalue weighted by atomic mass is 19.1. The largest absolute Gasteiger partial charge is 0.377 e. The average Bonchev–Trinajstić information content (AvgIpc) is 2.98. The standard InChI is InChI=1S/C27H35FN8O3/c28-23-8-4-5-21(19-23)20-32-26-33-25(34-27(35-26)36-13-9-29-10-14-36)31-12-16-39-18-17-38-15-11-30-24(37)22-6-2-1-3-7-22/h1-8,19,29H,9-18,20H2,(H,30,37)(H2,31,32,33,34,35). The van der Waals surface area contributed by atoms with E-state index in [4.69, 9.17) is 9.47 Å². The van der Waals surface area contributed by atoms with Crippen molar-refractivity contribution in [2.24, 2.45) is 0 Å². The van der Waals surface area contributed by atoms with Gasteiger partial charge in [-0.15, -0.1) is 0 Å². The molecule has 1 amide bonds. The zero-order valence-electron chi connectivity index (χ0n) is 21.9. The Hall–Kier alpha value is -3.87. The highest BCUT2D eigenvalue weighted by Gasteiger charge is 2.16. The molecule has 4 N–H and O–H groups in total. The zero-order valence-corrected chi connectivity index (χ0v) is 21.9. The van der Waals surface area contributed by atoms with Crippen LogP contribution < -0.4 is 26.2 Å². The van der Waals surface area contributed by atoms with Crippen LogP contribution in [0.5, 0.6) is 0 Å². The molecule has 1 aliphatic rings. The van der Waals surface area contributed by atoms with E-state index < -0.39 is 0 Å². The molecule has 11 nitrogen and oxygen atoms in total. The van der Waals surface area contributed by atoms with Gasteiger partial charge in [0.15, 0.2) is 0 Å². The number of benzene rings is 2. The summed E-state index contributed by atoms with van der Waals surface area (Å²) in [6, 6.07) is 15.5. The Morgan fingerprint density at radius 3 is 2.33 bits per heavy atom. The van der Waals surface area contributed by atoms with Crippen LogP contribution in [0.1, 0.15) is 15.9 Å². The SMILES string of the molecule is O=C(NCCOCCOCCNc1nc(NCc2cccc(F)c2)nc(N2CCNCC2)n1)c1ccccc1. The summed E-state index contributed by atoms with van der Waals surface area (Å²) in [5.41, 5.74) is 1.42. The van der Waals surface area contributed by atoms with Gasteiger partial charge in [-0.05, 0) is 29.8 Å². The summed E-state index contributed by atoms with van der Waals surface area (Å²) < 4.78 is 24.7. The monoisotopic (exact) mass is 538 g/mol. The van der Waals surface area contributed by atoms with Crippen molar-refractivity contribution < 1.29 is 18.7 Å². The first-order valence-electron chi connectivity index (χ1n) is 13.1. The molecule has 208 valence electrons. The van der Waals surface area contributed by atoms with Crippen LogP contribution in [0.4, 0.5) is 22.2 Å². The molecule has 1 aromatic heterocycles. The average molecular weight is 539 g/mol. The lowest BCUT2D eigenvalue weighted by Crippen LogP contribution is -2.44. The van der Waals surface area contributed by atoms with Crippen LogP contribution in [-0.2, 0) is 16.0 Å². The number of carbonyl (C=O) groups excluding carboxylic acids is 1. The Balaban J connectivity index is 1.16. The van der Waals surface area contributed by atoms with Gasteiger partial charge in [0.25, 0.3) is 5.91 Å². The predicted octanol–water partition coefficient (Wildman–Crippen LogP) is 1.91. The molecular formula is C27H35FN8O3. The third kappa shape index (κ3) is 9.74. The van der Waals surface area contributed by atoms with Gasteiger partial charge < -0.3 is 35.6 Å². The van der Waals surface area contributed by atoms with E-state index in [0.717, 1.165) is 31.7 Å². The summed E-state index contributed by atoms with van der Waals surface area (Å²) in [6.07, 6.45) is 0. The maximum absolute atomic E-state index is 13.5. The highest BCUT2D eigenvalue weighted by molar-refractivity contribution is 5.94. The number of hydrogen-bond donors (Lipinski definition) is 4. The number of halogens is 1. The summed E-state index contributed by atoms with van der Waals surface area (Å²) in [5, 5.41) is 12.5. The van der Waals surface area contributed by atoms with Crippen molar-refractivity contribution in [3.05, 3.63) is 71.5 Å². The lowest BCUT2D eigenvalue weighted by atomic mass is 10.2. The summed E-state index contributed by atoms with van der Waals surface area (Å²) in [7, 11) is 0. The molecule has 1 aliphatic heterocycles. The molecular weight excluding hydrogens is 503 g/mol. The number of anilines is 3. The number of piperazine rings is 1. The molecule has 0 bridgehead atoms. The van der Waals surface area contributed by atoms with Crippen molar-refractivity contribution >= 4 is 23.8 Å². The fourth-order valence-corrected chi connectivity index (χ4v) is 3.84. The molecule has 2 aromatic carbocycles. The smallest absolute Gasteiger partial charge is 0.251 e.